The van der Waals surface area contributed by atoms with E-state index < -0.39 is 0 Å². The second-order valence-corrected chi connectivity index (χ2v) is 3.22. The van der Waals surface area contributed by atoms with Gasteiger partial charge in [-0.1, -0.05) is 6.07 Å². The summed E-state index contributed by atoms with van der Waals surface area (Å²) in [5.74, 6) is 0.0390. The van der Waals surface area contributed by atoms with Gasteiger partial charge in [-0.25, -0.2) is 4.98 Å². The van der Waals surface area contributed by atoms with Crippen LogP contribution in [0, 0.1) is 6.07 Å². The van der Waals surface area contributed by atoms with Crippen LogP contribution in [0.3, 0.4) is 0 Å². The lowest BCUT2D eigenvalue weighted by atomic mass is 10.3. The Balaban J connectivity index is 2.48. The van der Waals surface area contributed by atoms with Crippen LogP contribution in [0.15, 0.2) is 29.6 Å². The van der Waals surface area contributed by atoms with Gasteiger partial charge < -0.3 is 5.11 Å². The fraction of sp³-hybridized carbons (Fsp3) is 0. The first-order valence-electron chi connectivity index (χ1n) is 3.48. The number of thiophene rings is 1. The minimum absolute atomic E-state index is 0.0390. The summed E-state index contributed by atoms with van der Waals surface area (Å²) in [6.07, 6.45) is 0. The van der Waals surface area contributed by atoms with E-state index in [0.717, 1.165) is 4.88 Å². The van der Waals surface area contributed by atoms with Gasteiger partial charge in [-0.15, -0.1) is 11.3 Å². The highest BCUT2D eigenvalue weighted by molar-refractivity contribution is 7.13. The van der Waals surface area contributed by atoms with Gasteiger partial charge in [-0.2, -0.15) is 0 Å². The third-order valence-corrected chi connectivity index (χ3v) is 2.31. The van der Waals surface area contributed by atoms with Crippen LogP contribution < -0.4 is 0 Å². The van der Waals surface area contributed by atoms with Crippen molar-refractivity contribution in [2.45, 2.75) is 0 Å². The third-order valence-electron chi connectivity index (χ3n) is 1.43. The molecule has 2 aromatic heterocycles. The summed E-state index contributed by atoms with van der Waals surface area (Å²) in [5, 5.41) is 11.1. The smallest absolute Gasteiger partial charge is 0.211 e. The fourth-order valence-corrected chi connectivity index (χ4v) is 1.60. The number of pyridine rings is 1. The van der Waals surface area contributed by atoms with Gasteiger partial charge in [0.2, 0.25) is 5.88 Å². The topological polar surface area (TPSA) is 33.1 Å². The summed E-state index contributed by atoms with van der Waals surface area (Å²) in [7, 11) is 0. The van der Waals surface area contributed by atoms with Crippen molar-refractivity contribution in [1.29, 1.82) is 0 Å². The summed E-state index contributed by atoms with van der Waals surface area (Å²) >= 11 is 1.58. The van der Waals surface area contributed by atoms with Crippen molar-refractivity contribution < 1.29 is 5.11 Å². The molecule has 0 fully saturated rings. The maximum atomic E-state index is 9.09. The fourth-order valence-electron chi connectivity index (χ4n) is 0.919. The highest BCUT2D eigenvalue weighted by Gasteiger charge is 1.99. The molecule has 1 N–H and O–H groups in total. The lowest BCUT2D eigenvalue weighted by molar-refractivity contribution is 0.454. The van der Waals surface area contributed by atoms with E-state index in [0.29, 0.717) is 5.69 Å². The van der Waals surface area contributed by atoms with Crippen LogP contribution in [0.1, 0.15) is 0 Å². The molecule has 0 amide bonds. The van der Waals surface area contributed by atoms with Gasteiger partial charge >= 0.3 is 0 Å². The molecule has 2 rings (SSSR count). The van der Waals surface area contributed by atoms with Gasteiger partial charge in [0.25, 0.3) is 0 Å². The van der Waals surface area contributed by atoms with E-state index in [1.54, 1.807) is 17.4 Å². The number of nitrogens with zero attached hydrogens (tertiary/aromatic N) is 1. The van der Waals surface area contributed by atoms with Crippen molar-refractivity contribution in [2.24, 2.45) is 0 Å². The average Bonchev–Trinajstić information content (AvgIpc) is 2.56. The van der Waals surface area contributed by atoms with E-state index >= 15 is 0 Å². The average molecular weight is 176 g/mol. The third kappa shape index (κ3) is 1.31. The van der Waals surface area contributed by atoms with Crippen LogP contribution in [0.25, 0.3) is 10.6 Å². The van der Waals surface area contributed by atoms with E-state index in [1.165, 1.54) is 6.07 Å². The van der Waals surface area contributed by atoms with E-state index in [-0.39, 0.29) is 5.88 Å². The highest BCUT2D eigenvalue weighted by atomic mass is 32.1. The molecular formula is C9H6NOS. The molecule has 0 aliphatic heterocycles. The minimum Gasteiger partial charge on any atom is -0.493 e. The van der Waals surface area contributed by atoms with E-state index in [2.05, 4.69) is 11.1 Å². The maximum Gasteiger partial charge on any atom is 0.211 e. The molecule has 0 saturated heterocycles. The Morgan fingerprint density at radius 3 is 3.00 bits per heavy atom. The summed E-state index contributed by atoms with van der Waals surface area (Å²) < 4.78 is 0. The van der Waals surface area contributed by atoms with Crippen LogP contribution >= 0.6 is 11.3 Å². The molecule has 2 aromatic rings. The standard InChI is InChI=1S/C9H6NOS/c11-9-5-1-3-7(10-9)8-4-2-6-12-8/h1-2,4-6H,(H,10,11). The molecule has 0 bridgehead atoms. The van der Waals surface area contributed by atoms with Crippen LogP contribution in [0.4, 0.5) is 0 Å². The summed E-state index contributed by atoms with van der Waals surface area (Å²) in [6.45, 7) is 0. The molecule has 3 heteroatoms. The zero-order valence-electron chi connectivity index (χ0n) is 6.19. The lowest BCUT2D eigenvalue weighted by Gasteiger charge is -1.94. The van der Waals surface area contributed by atoms with Crippen molar-refractivity contribution in [3.63, 3.8) is 0 Å². The van der Waals surface area contributed by atoms with Crippen molar-refractivity contribution in [2.75, 3.05) is 0 Å². The molecular weight excluding hydrogens is 170 g/mol. The summed E-state index contributed by atoms with van der Waals surface area (Å²) in [6, 6.07) is 10.0. The van der Waals surface area contributed by atoms with Crippen molar-refractivity contribution in [3.8, 4) is 16.5 Å². The molecule has 0 unspecified atom stereocenters. The number of hydrogen-bond acceptors (Lipinski definition) is 3. The normalized spacial score (nSPS) is 10.0. The van der Waals surface area contributed by atoms with Crippen LogP contribution in [-0.4, -0.2) is 10.1 Å². The summed E-state index contributed by atoms with van der Waals surface area (Å²) in [4.78, 5) is 4.95. The molecule has 59 valence electrons. The summed E-state index contributed by atoms with van der Waals surface area (Å²) in [5.41, 5.74) is 0.699. The second kappa shape index (κ2) is 2.95. The first kappa shape index (κ1) is 7.31. The van der Waals surface area contributed by atoms with Gasteiger partial charge in [-0.05, 0) is 17.5 Å². The molecule has 12 heavy (non-hydrogen) atoms. The molecule has 0 atom stereocenters. The van der Waals surface area contributed by atoms with Crippen molar-refractivity contribution >= 4 is 11.3 Å². The number of aromatic hydroxyl groups is 1. The lowest BCUT2D eigenvalue weighted by Crippen LogP contribution is -1.78. The van der Waals surface area contributed by atoms with Gasteiger partial charge in [0.1, 0.15) is 0 Å². The highest BCUT2D eigenvalue weighted by Crippen LogP contribution is 2.23. The quantitative estimate of drug-likeness (QED) is 0.723. The largest absolute Gasteiger partial charge is 0.493 e. The first-order valence-corrected chi connectivity index (χ1v) is 4.36. The SMILES string of the molecule is Oc1cc[c]c(-c2cccs2)n1. The molecule has 0 aliphatic carbocycles. The van der Waals surface area contributed by atoms with E-state index in [4.69, 9.17) is 5.11 Å². The molecule has 0 aliphatic rings. The molecule has 0 saturated carbocycles. The Morgan fingerprint density at radius 2 is 2.33 bits per heavy atom. The Hall–Kier alpha value is -1.35. The predicted octanol–water partition coefficient (Wildman–Crippen LogP) is 2.32. The zero-order valence-corrected chi connectivity index (χ0v) is 7.01. The van der Waals surface area contributed by atoms with Crippen LogP contribution in [0.2, 0.25) is 0 Å². The molecule has 2 nitrogen and oxygen atoms in total. The minimum atomic E-state index is 0.0390. The van der Waals surface area contributed by atoms with Crippen molar-refractivity contribution in [3.05, 3.63) is 35.7 Å². The second-order valence-electron chi connectivity index (χ2n) is 2.27. The first-order chi connectivity index (χ1) is 5.86. The molecule has 0 spiro atoms. The molecule has 2 heterocycles. The predicted molar refractivity (Wildman–Crippen MR) is 48.1 cm³/mol. The Bertz CT molecular complexity index is 370. The van der Waals surface area contributed by atoms with E-state index in [9.17, 15) is 0 Å². The zero-order chi connectivity index (χ0) is 8.39. The van der Waals surface area contributed by atoms with Crippen LogP contribution in [0.5, 0.6) is 5.88 Å². The van der Waals surface area contributed by atoms with Gasteiger partial charge in [0.15, 0.2) is 0 Å². The maximum absolute atomic E-state index is 9.09. The Kier molecular flexibility index (Phi) is 1.80. The Labute approximate surface area is 74.1 Å². The van der Waals surface area contributed by atoms with Gasteiger partial charge in [0.05, 0.1) is 10.6 Å². The molecule has 0 aromatic carbocycles. The number of aromatic nitrogens is 1. The molecule has 1 radical (unpaired) electrons. The Morgan fingerprint density at radius 1 is 1.42 bits per heavy atom. The van der Waals surface area contributed by atoms with Crippen molar-refractivity contribution in [1.82, 2.24) is 4.98 Å². The number of hydrogen-bond donors (Lipinski definition) is 1. The van der Waals surface area contributed by atoms with Crippen LogP contribution in [-0.2, 0) is 0 Å². The van der Waals surface area contributed by atoms with E-state index in [1.807, 2.05) is 17.5 Å². The monoisotopic (exact) mass is 176 g/mol. The van der Waals surface area contributed by atoms with Gasteiger partial charge in [-0.3, -0.25) is 0 Å². The number of rotatable bonds is 1. The van der Waals surface area contributed by atoms with Gasteiger partial charge in [0, 0.05) is 12.1 Å².